The third-order valence-corrected chi connectivity index (χ3v) is 5.40. The summed E-state index contributed by atoms with van der Waals surface area (Å²) in [4.78, 5) is 4.66. The summed E-state index contributed by atoms with van der Waals surface area (Å²) < 4.78 is 0. The topological polar surface area (TPSA) is 18.5 Å². The summed E-state index contributed by atoms with van der Waals surface area (Å²) in [5, 5.41) is 5.13. The molecule has 3 rings (SSSR count). The predicted molar refractivity (Wildman–Crippen MR) is 111 cm³/mol. The molecule has 1 aliphatic heterocycles. The first-order chi connectivity index (χ1) is 12.0. The SMILES string of the molecule is Cc1ccccc1CN1CCN(C(=S)Nc2ccc(Cl)cc2Cl)CC1. The third kappa shape index (κ3) is 4.85. The molecule has 1 saturated heterocycles. The van der Waals surface area contributed by atoms with Crippen LogP contribution in [0.5, 0.6) is 0 Å². The molecule has 25 heavy (non-hydrogen) atoms. The van der Waals surface area contributed by atoms with E-state index >= 15 is 0 Å². The zero-order valence-electron chi connectivity index (χ0n) is 14.1. The van der Waals surface area contributed by atoms with Crippen LogP contribution in [0.25, 0.3) is 0 Å². The Morgan fingerprint density at radius 2 is 1.80 bits per heavy atom. The van der Waals surface area contributed by atoms with E-state index in [0.717, 1.165) is 38.4 Å². The van der Waals surface area contributed by atoms with Crippen molar-refractivity contribution in [2.75, 3.05) is 31.5 Å². The van der Waals surface area contributed by atoms with Crippen LogP contribution in [-0.4, -0.2) is 41.1 Å². The lowest BCUT2D eigenvalue weighted by Gasteiger charge is -2.36. The highest BCUT2D eigenvalue weighted by molar-refractivity contribution is 7.80. The molecule has 0 aromatic heterocycles. The maximum Gasteiger partial charge on any atom is 0.173 e. The molecule has 2 aromatic rings. The standard InChI is InChI=1S/C19H21Cl2N3S/c1-14-4-2-3-5-15(14)13-23-8-10-24(11-9-23)19(25)22-18-7-6-16(20)12-17(18)21/h2-7,12H,8-11,13H2,1H3,(H,22,25). The number of nitrogens with one attached hydrogen (secondary N) is 1. The maximum absolute atomic E-state index is 6.21. The number of nitrogens with zero attached hydrogens (tertiary/aromatic N) is 2. The molecule has 0 aliphatic carbocycles. The van der Waals surface area contributed by atoms with E-state index in [0.29, 0.717) is 15.2 Å². The Morgan fingerprint density at radius 3 is 2.48 bits per heavy atom. The second-order valence-corrected chi connectivity index (χ2v) is 7.47. The lowest BCUT2D eigenvalue weighted by Crippen LogP contribution is -2.49. The Labute approximate surface area is 164 Å². The Morgan fingerprint density at radius 1 is 1.08 bits per heavy atom. The molecular weight excluding hydrogens is 373 g/mol. The largest absolute Gasteiger partial charge is 0.346 e. The highest BCUT2D eigenvalue weighted by atomic mass is 35.5. The fourth-order valence-electron chi connectivity index (χ4n) is 2.92. The molecule has 0 atom stereocenters. The van der Waals surface area contributed by atoms with Crippen LogP contribution in [0.15, 0.2) is 42.5 Å². The molecule has 3 nitrogen and oxygen atoms in total. The lowest BCUT2D eigenvalue weighted by molar-refractivity contribution is 0.176. The lowest BCUT2D eigenvalue weighted by atomic mass is 10.1. The third-order valence-electron chi connectivity index (χ3n) is 4.49. The van der Waals surface area contributed by atoms with Crippen molar-refractivity contribution < 1.29 is 0 Å². The van der Waals surface area contributed by atoms with Gasteiger partial charge in [-0.05, 0) is 48.5 Å². The van der Waals surface area contributed by atoms with Crippen molar-refractivity contribution in [1.29, 1.82) is 0 Å². The minimum atomic E-state index is 0.577. The first kappa shape index (κ1) is 18.5. The van der Waals surface area contributed by atoms with Crippen molar-refractivity contribution >= 4 is 46.2 Å². The van der Waals surface area contributed by atoms with Gasteiger partial charge in [0, 0.05) is 37.7 Å². The zero-order chi connectivity index (χ0) is 17.8. The van der Waals surface area contributed by atoms with Gasteiger partial charge < -0.3 is 10.2 Å². The van der Waals surface area contributed by atoms with Crippen LogP contribution >= 0.6 is 35.4 Å². The van der Waals surface area contributed by atoms with Crippen LogP contribution in [0.2, 0.25) is 10.0 Å². The van der Waals surface area contributed by atoms with Crippen molar-refractivity contribution in [2.24, 2.45) is 0 Å². The van der Waals surface area contributed by atoms with Gasteiger partial charge in [-0.3, -0.25) is 4.90 Å². The van der Waals surface area contributed by atoms with E-state index < -0.39 is 0 Å². The molecular formula is C19H21Cl2N3S. The van der Waals surface area contributed by atoms with Crippen molar-refractivity contribution in [2.45, 2.75) is 13.5 Å². The molecule has 6 heteroatoms. The number of hydrogen-bond acceptors (Lipinski definition) is 2. The van der Waals surface area contributed by atoms with E-state index in [9.17, 15) is 0 Å². The number of rotatable bonds is 3. The van der Waals surface area contributed by atoms with Crippen LogP contribution in [-0.2, 0) is 6.54 Å². The Kier molecular flexibility index (Phi) is 6.18. The quantitative estimate of drug-likeness (QED) is 0.753. The number of hydrogen-bond donors (Lipinski definition) is 1. The average Bonchev–Trinajstić information content (AvgIpc) is 2.60. The van der Waals surface area contributed by atoms with Gasteiger partial charge in [0.15, 0.2) is 5.11 Å². The highest BCUT2D eigenvalue weighted by Gasteiger charge is 2.19. The average molecular weight is 394 g/mol. The second-order valence-electron chi connectivity index (χ2n) is 6.24. The van der Waals surface area contributed by atoms with E-state index in [1.165, 1.54) is 11.1 Å². The number of thiocarbonyl (C=S) groups is 1. The summed E-state index contributed by atoms with van der Waals surface area (Å²) in [6.45, 7) is 6.95. The van der Waals surface area contributed by atoms with Crippen molar-refractivity contribution in [3.05, 3.63) is 63.6 Å². The minimum absolute atomic E-state index is 0.577. The molecule has 0 radical (unpaired) electrons. The van der Waals surface area contributed by atoms with E-state index in [2.05, 4.69) is 46.3 Å². The van der Waals surface area contributed by atoms with Gasteiger partial charge in [-0.15, -0.1) is 0 Å². The molecule has 1 fully saturated rings. The molecule has 0 unspecified atom stereocenters. The van der Waals surface area contributed by atoms with Crippen LogP contribution in [0.3, 0.4) is 0 Å². The van der Waals surface area contributed by atoms with Gasteiger partial charge >= 0.3 is 0 Å². The number of aryl methyl sites for hydroxylation is 1. The highest BCUT2D eigenvalue weighted by Crippen LogP contribution is 2.25. The molecule has 0 amide bonds. The number of benzene rings is 2. The van der Waals surface area contributed by atoms with Gasteiger partial charge in [-0.25, -0.2) is 0 Å². The fraction of sp³-hybridized carbons (Fsp3) is 0.316. The van der Waals surface area contributed by atoms with Gasteiger partial charge in [-0.2, -0.15) is 0 Å². The van der Waals surface area contributed by atoms with E-state index in [1.54, 1.807) is 12.1 Å². The minimum Gasteiger partial charge on any atom is -0.346 e. The summed E-state index contributed by atoms with van der Waals surface area (Å²) in [6, 6.07) is 13.9. The van der Waals surface area contributed by atoms with E-state index in [4.69, 9.17) is 35.4 Å². The zero-order valence-corrected chi connectivity index (χ0v) is 16.5. The first-order valence-corrected chi connectivity index (χ1v) is 9.47. The van der Waals surface area contributed by atoms with Crippen molar-refractivity contribution in [1.82, 2.24) is 9.80 Å². The van der Waals surface area contributed by atoms with Crippen LogP contribution in [0.4, 0.5) is 5.69 Å². The molecule has 1 N–H and O–H groups in total. The maximum atomic E-state index is 6.21. The normalized spacial score (nSPS) is 15.2. The summed E-state index contributed by atoms with van der Waals surface area (Å²) >= 11 is 17.7. The molecule has 2 aromatic carbocycles. The Balaban J connectivity index is 1.53. The second kappa shape index (κ2) is 8.37. The molecule has 132 valence electrons. The molecule has 1 heterocycles. The van der Waals surface area contributed by atoms with Gasteiger partial charge in [0.2, 0.25) is 0 Å². The predicted octanol–water partition coefficient (Wildman–Crippen LogP) is 4.82. The monoisotopic (exact) mass is 393 g/mol. The Hall–Kier alpha value is -1.33. The van der Waals surface area contributed by atoms with Gasteiger partial charge in [0.05, 0.1) is 10.7 Å². The number of piperazine rings is 1. The molecule has 0 spiro atoms. The van der Waals surface area contributed by atoms with Gasteiger partial charge in [-0.1, -0.05) is 47.5 Å². The smallest absolute Gasteiger partial charge is 0.173 e. The van der Waals surface area contributed by atoms with Crippen LogP contribution < -0.4 is 5.32 Å². The van der Waals surface area contributed by atoms with Gasteiger partial charge in [0.25, 0.3) is 0 Å². The summed E-state index contributed by atoms with van der Waals surface area (Å²) in [7, 11) is 0. The van der Waals surface area contributed by atoms with Gasteiger partial charge in [0.1, 0.15) is 0 Å². The van der Waals surface area contributed by atoms with E-state index in [-0.39, 0.29) is 0 Å². The molecule has 1 aliphatic rings. The summed E-state index contributed by atoms with van der Waals surface area (Å²) in [5.41, 5.74) is 3.53. The van der Waals surface area contributed by atoms with Crippen LogP contribution in [0, 0.1) is 6.92 Å². The number of halogens is 2. The van der Waals surface area contributed by atoms with Crippen molar-refractivity contribution in [3.63, 3.8) is 0 Å². The number of anilines is 1. The fourth-order valence-corrected chi connectivity index (χ4v) is 3.67. The van der Waals surface area contributed by atoms with E-state index in [1.807, 2.05) is 6.07 Å². The molecule has 0 saturated carbocycles. The Bertz CT molecular complexity index is 758. The molecule has 0 bridgehead atoms. The first-order valence-electron chi connectivity index (χ1n) is 8.31. The van der Waals surface area contributed by atoms with Crippen LogP contribution in [0.1, 0.15) is 11.1 Å². The summed E-state index contributed by atoms with van der Waals surface area (Å²) in [6.07, 6.45) is 0. The van der Waals surface area contributed by atoms with Crippen molar-refractivity contribution in [3.8, 4) is 0 Å². The summed E-state index contributed by atoms with van der Waals surface area (Å²) in [5.74, 6) is 0.